The van der Waals surface area contributed by atoms with Crippen molar-refractivity contribution in [2.75, 3.05) is 0 Å². The second-order valence-electron chi connectivity index (χ2n) is 3.97. The fraction of sp³-hybridized carbons (Fsp3) is 0.143. The number of halogens is 3. The van der Waals surface area contributed by atoms with Crippen LogP contribution in [0, 0.1) is 11.3 Å². The molecule has 1 aromatic carbocycles. The van der Waals surface area contributed by atoms with Crippen LogP contribution in [0.4, 0.5) is 8.78 Å². The average Bonchev–Trinajstić information content (AvgIpc) is 2.87. The highest BCUT2D eigenvalue weighted by Gasteiger charge is 2.24. The summed E-state index contributed by atoms with van der Waals surface area (Å²) in [5.74, 6) is -1.34. The maximum Gasteiger partial charge on any atom is 0.387 e. The Labute approximate surface area is 131 Å². The van der Waals surface area contributed by atoms with Gasteiger partial charge >= 0.3 is 6.61 Å². The van der Waals surface area contributed by atoms with E-state index in [4.69, 9.17) is 0 Å². The van der Waals surface area contributed by atoms with Crippen LogP contribution in [0.15, 0.2) is 40.2 Å². The van der Waals surface area contributed by atoms with Gasteiger partial charge in [0, 0.05) is 4.47 Å². The van der Waals surface area contributed by atoms with Crippen LogP contribution >= 0.6 is 27.3 Å². The van der Waals surface area contributed by atoms with Crippen molar-refractivity contribution in [1.29, 1.82) is 5.26 Å². The first-order chi connectivity index (χ1) is 10.0. The number of alkyl halides is 2. The molecule has 7 heteroatoms. The van der Waals surface area contributed by atoms with Crippen molar-refractivity contribution < 1.29 is 18.3 Å². The number of carbonyl (C=O) groups is 1. The Morgan fingerprint density at radius 1 is 1.29 bits per heavy atom. The van der Waals surface area contributed by atoms with Crippen LogP contribution in [-0.4, -0.2) is 12.4 Å². The summed E-state index contributed by atoms with van der Waals surface area (Å²) in [6.45, 7) is -2.91. The van der Waals surface area contributed by atoms with Gasteiger partial charge in [0.15, 0.2) is 5.78 Å². The van der Waals surface area contributed by atoms with E-state index in [2.05, 4.69) is 20.7 Å². The van der Waals surface area contributed by atoms with E-state index in [0.29, 0.717) is 14.9 Å². The number of hydrogen-bond acceptors (Lipinski definition) is 4. The minimum absolute atomic E-state index is 0.0183. The third-order valence-electron chi connectivity index (χ3n) is 2.67. The summed E-state index contributed by atoms with van der Waals surface area (Å²) in [4.78, 5) is 12.8. The number of Topliss-reactive ketones (excluding diaryl/α,β-unsaturated/α-hetero) is 1. The van der Waals surface area contributed by atoms with Gasteiger partial charge in [-0.25, -0.2) is 0 Å². The fourth-order valence-electron chi connectivity index (χ4n) is 1.73. The van der Waals surface area contributed by atoms with Gasteiger partial charge in [0.05, 0.1) is 10.9 Å². The molecule has 0 aliphatic heterocycles. The van der Waals surface area contributed by atoms with Crippen molar-refractivity contribution in [3.63, 3.8) is 0 Å². The molecule has 0 spiro atoms. The first kappa shape index (κ1) is 15.6. The first-order valence-corrected chi connectivity index (χ1v) is 7.41. The normalized spacial score (nSPS) is 12.0. The van der Waals surface area contributed by atoms with E-state index in [-0.39, 0.29) is 11.5 Å². The summed E-state index contributed by atoms with van der Waals surface area (Å²) < 4.78 is 29.0. The molecule has 2 rings (SSSR count). The lowest BCUT2D eigenvalue weighted by atomic mass is 9.95. The fourth-order valence-corrected chi connectivity index (χ4v) is 3.26. The molecule has 1 unspecified atom stereocenters. The Morgan fingerprint density at radius 2 is 1.95 bits per heavy atom. The monoisotopic (exact) mass is 371 g/mol. The van der Waals surface area contributed by atoms with Crippen LogP contribution in [0.25, 0.3) is 0 Å². The standard InChI is InChI=1S/C14H8BrF2NO2S/c15-11-5-6-21-13(11)12(19)10(7-18)8-1-3-9(4-2-8)20-14(16)17/h1-6,10,14H. The maximum absolute atomic E-state index is 12.3. The minimum atomic E-state index is -2.91. The number of ether oxygens (including phenoxy) is 1. The van der Waals surface area contributed by atoms with E-state index in [0.717, 1.165) is 0 Å². The predicted molar refractivity (Wildman–Crippen MR) is 77.8 cm³/mol. The van der Waals surface area contributed by atoms with Crippen molar-refractivity contribution in [2.45, 2.75) is 12.5 Å². The topological polar surface area (TPSA) is 50.1 Å². The van der Waals surface area contributed by atoms with Crippen LogP contribution in [0.1, 0.15) is 21.2 Å². The molecule has 0 aliphatic rings. The Bertz CT molecular complexity index is 679. The van der Waals surface area contributed by atoms with Gasteiger partial charge in [-0.3, -0.25) is 4.79 Å². The Hall–Kier alpha value is -1.78. The van der Waals surface area contributed by atoms with Crippen LogP contribution in [0.5, 0.6) is 5.75 Å². The molecular weight excluding hydrogens is 364 g/mol. The van der Waals surface area contributed by atoms with Crippen molar-refractivity contribution in [3.8, 4) is 11.8 Å². The van der Waals surface area contributed by atoms with Crippen LogP contribution in [-0.2, 0) is 0 Å². The molecule has 0 radical (unpaired) electrons. The Morgan fingerprint density at radius 3 is 2.43 bits per heavy atom. The highest BCUT2D eigenvalue weighted by atomic mass is 79.9. The van der Waals surface area contributed by atoms with Crippen LogP contribution in [0.2, 0.25) is 0 Å². The molecule has 0 fully saturated rings. The van der Waals surface area contributed by atoms with E-state index in [1.807, 2.05) is 6.07 Å². The number of hydrogen-bond donors (Lipinski definition) is 0. The lowest BCUT2D eigenvalue weighted by Crippen LogP contribution is -2.10. The molecule has 0 bridgehead atoms. The average molecular weight is 372 g/mol. The first-order valence-electron chi connectivity index (χ1n) is 5.74. The van der Waals surface area contributed by atoms with Crippen LogP contribution < -0.4 is 4.74 Å². The molecule has 3 nitrogen and oxygen atoms in total. The number of nitrogens with zero attached hydrogens (tertiary/aromatic N) is 1. The lowest BCUT2D eigenvalue weighted by molar-refractivity contribution is -0.0498. The highest BCUT2D eigenvalue weighted by molar-refractivity contribution is 9.10. The molecule has 2 aromatic rings. The third kappa shape index (κ3) is 3.65. The van der Waals surface area contributed by atoms with Gasteiger partial charge in [-0.05, 0) is 45.1 Å². The van der Waals surface area contributed by atoms with Gasteiger partial charge < -0.3 is 4.74 Å². The van der Waals surface area contributed by atoms with Crippen molar-refractivity contribution in [3.05, 3.63) is 50.6 Å². The molecular formula is C14H8BrF2NO2S. The minimum Gasteiger partial charge on any atom is -0.435 e. The van der Waals surface area contributed by atoms with E-state index < -0.39 is 12.5 Å². The molecule has 0 saturated heterocycles. The van der Waals surface area contributed by atoms with Crippen molar-refractivity contribution in [1.82, 2.24) is 0 Å². The number of nitriles is 1. The highest BCUT2D eigenvalue weighted by Crippen LogP contribution is 2.30. The van der Waals surface area contributed by atoms with E-state index in [1.165, 1.54) is 35.6 Å². The summed E-state index contributed by atoms with van der Waals surface area (Å²) >= 11 is 4.49. The second kappa shape index (κ2) is 6.78. The zero-order valence-corrected chi connectivity index (χ0v) is 12.8. The molecule has 1 aromatic heterocycles. The number of thiophene rings is 1. The van der Waals surface area contributed by atoms with Crippen molar-refractivity contribution in [2.24, 2.45) is 0 Å². The predicted octanol–water partition coefficient (Wildman–Crippen LogP) is 4.60. The second-order valence-corrected chi connectivity index (χ2v) is 5.74. The van der Waals surface area contributed by atoms with Crippen LogP contribution in [0.3, 0.4) is 0 Å². The van der Waals surface area contributed by atoms with E-state index in [1.54, 1.807) is 11.4 Å². The molecule has 0 saturated carbocycles. The summed E-state index contributed by atoms with van der Waals surface area (Å²) in [7, 11) is 0. The summed E-state index contributed by atoms with van der Waals surface area (Å²) in [5, 5.41) is 11.0. The van der Waals surface area contributed by atoms with Gasteiger partial charge in [0.2, 0.25) is 0 Å². The summed E-state index contributed by atoms with van der Waals surface area (Å²) in [5.41, 5.74) is 0.435. The Balaban J connectivity index is 2.24. The molecule has 1 atom stereocenters. The number of carbonyl (C=O) groups excluding carboxylic acids is 1. The van der Waals surface area contributed by atoms with Gasteiger partial charge in [-0.2, -0.15) is 14.0 Å². The van der Waals surface area contributed by atoms with Gasteiger partial charge in [0.1, 0.15) is 11.7 Å². The van der Waals surface area contributed by atoms with Crippen molar-refractivity contribution >= 4 is 33.0 Å². The summed E-state index contributed by atoms with van der Waals surface area (Å²) in [6, 6.07) is 9.16. The van der Waals surface area contributed by atoms with E-state index in [9.17, 15) is 18.8 Å². The van der Waals surface area contributed by atoms with Gasteiger partial charge in [-0.15, -0.1) is 11.3 Å². The van der Waals surface area contributed by atoms with E-state index >= 15 is 0 Å². The van der Waals surface area contributed by atoms with Gasteiger partial charge in [-0.1, -0.05) is 12.1 Å². The third-order valence-corrected chi connectivity index (χ3v) is 4.52. The number of rotatable bonds is 5. The molecule has 0 aliphatic carbocycles. The molecule has 21 heavy (non-hydrogen) atoms. The maximum atomic E-state index is 12.3. The number of ketones is 1. The molecule has 0 amide bonds. The molecule has 108 valence electrons. The molecule has 1 heterocycles. The van der Waals surface area contributed by atoms with Gasteiger partial charge in [0.25, 0.3) is 0 Å². The molecule has 0 N–H and O–H groups in total. The lowest BCUT2D eigenvalue weighted by Gasteiger charge is -2.09. The summed E-state index contributed by atoms with van der Waals surface area (Å²) in [6.07, 6.45) is 0. The zero-order chi connectivity index (χ0) is 15.4. The number of benzene rings is 1. The quantitative estimate of drug-likeness (QED) is 0.721. The SMILES string of the molecule is N#CC(C(=O)c1sccc1Br)c1ccc(OC(F)F)cc1. The smallest absolute Gasteiger partial charge is 0.387 e. The largest absolute Gasteiger partial charge is 0.435 e. The Kier molecular flexibility index (Phi) is 5.04. The zero-order valence-electron chi connectivity index (χ0n) is 10.4.